The van der Waals surface area contributed by atoms with E-state index in [1.54, 1.807) is 0 Å². The molecule has 1 heterocycles. The number of carbonyl (C=O) groups excluding carboxylic acids is 1. The van der Waals surface area contributed by atoms with E-state index in [1.165, 1.54) is 17.8 Å². The van der Waals surface area contributed by atoms with Crippen LogP contribution < -0.4 is 34.7 Å². The van der Waals surface area contributed by atoms with Crippen LogP contribution in [0.15, 0.2) is 12.4 Å². The van der Waals surface area contributed by atoms with Crippen LogP contribution in [0, 0.1) is 16.0 Å². The number of hydrogen-bond acceptors (Lipinski definition) is 5. The first-order valence-electron chi connectivity index (χ1n) is 3.88. The molecule has 0 bridgehead atoms. The number of carbonyl (C=O) groups is 1. The Labute approximate surface area is 108 Å². The molecule has 0 saturated carbocycles. The van der Waals surface area contributed by atoms with Crippen molar-refractivity contribution in [1.29, 1.82) is 0 Å². The molecule has 8 heteroatoms. The minimum Gasteiger partial charge on any atom is -0.550 e. The van der Waals surface area contributed by atoms with E-state index < -0.39 is 16.8 Å². The van der Waals surface area contributed by atoms with E-state index in [1.807, 2.05) is 0 Å². The van der Waals surface area contributed by atoms with E-state index in [2.05, 4.69) is 5.10 Å². The van der Waals surface area contributed by atoms with E-state index in [9.17, 15) is 20.0 Å². The van der Waals surface area contributed by atoms with Crippen LogP contribution in [0.2, 0.25) is 0 Å². The molecule has 0 aliphatic carbocycles. The Morgan fingerprint density at radius 1 is 1.73 bits per heavy atom. The van der Waals surface area contributed by atoms with Crippen molar-refractivity contribution in [3.8, 4) is 0 Å². The van der Waals surface area contributed by atoms with Crippen LogP contribution in [0.4, 0.5) is 5.69 Å². The summed E-state index contributed by atoms with van der Waals surface area (Å²) in [6, 6.07) is 0. The molecule has 1 aromatic heterocycles. The fraction of sp³-hybridized carbons (Fsp3) is 0.429. The Bertz CT molecular complexity index is 365. The largest absolute Gasteiger partial charge is 1.00 e. The maximum absolute atomic E-state index is 10.4. The van der Waals surface area contributed by atoms with Gasteiger partial charge in [-0.3, -0.25) is 14.8 Å². The maximum atomic E-state index is 10.4. The van der Waals surface area contributed by atoms with Crippen molar-refractivity contribution in [3.63, 3.8) is 0 Å². The number of carboxylic acids is 1. The summed E-state index contributed by atoms with van der Waals surface area (Å²) in [7, 11) is 0. The summed E-state index contributed by atoms with van der Waals surface area (Å²) in [6.07, 6.45) is 2.25. The minimum atomic E-state index is -1.21. The van der Waals surface area contributed by atoms with Crippen LogP contribution in [0.5, 0.6) is 0 Å². The monoisotopic (exact) mass is 221 g/mol. The zero-order valence-corrected chi connectivity index (χ0v) is 10.4. The van der Waals surface area contributed by atoms with Crippen molar-refractivity contribution >= 4 is 11.7 Å². The van der Waals surface area contributed by atoms with Gasteiger partial charge in [0.2, 0.25) is 0 Å². The van der Waals surface area contributed by atoms with Crippen LogP contribution in [0.3, 0.4) is 0 Å². The molecule has 15 heavy (non-hydrogen) atoms. The van der Waals surface area contributed by atoms with Gasteiger partial charge in [0.1, 0.15) is 12.4 Å². The van der Waals surface area contributed by atoms with Gasteiger partial charge in [0, 0.05) is 18.4 Å². The van der Waals surface area contributed by atoms with E-state index >= 15 is 0 Å². The SMILES string of the molecule is CC(Cn1cc([N+](=O)[O-])cn1)C(=O)[O-].[Na+]. The number of aromatic nitrogens is 2. The van der Waals surface area contributed by atoms with Crippen LogP contribution in [0.25, 0.3) is 0 Å². The van der Waals surface area contributed by atoms with E-state index in [0.29, 0.717) is 0 Å². The Hall–Kier alpha value is -0.920. The average Bonchev–Trinajstić information content (AvgIpc) is 2.52. The summed E-state index contributed by atoms with van der Waals surface area (Å²) in [4.78, 5) is 20.0. The molecule has 0 N–H and O–H groups in total. The Kier molecular flexibility index (Phi) is 5.48. The summed E-state index contributed by atoms with van der Waals surface area (Å²) in [5.74, 6) is -1.93. The molecule has 1 unspecified atom stereocenters. The molecule has 0 fully saturated rings. The van der Waals surface area contributed by atoms with Gasteiger partial charge in [-0.1, -0.05) is 6.92 Å². The predicted molar refractivity (Wildman–Crippen MR) is 43.1 cm³/mol. The predicted octanol–water partition coefficient (Wildman–Crippen LogP) is -3.82. The van der Waals surface area contributed by atoms with Gasteiger partial charge in [0.15, 0.2) is 0 Å². The third kappa shape index (κ3) is 3.98. The molecule has 0 spiro atoms. The Balaban J connectivity index is 0.00000196. The molecule has 0 radical (unpaired) electrons. The summed E-state index contributed by atoms with van der Waals surface area (Å²) in [5.41, 5.74) is -0.157. The third-order valence-electron chi connectivity index (χ3n) is 1.69. The molecule has 1 aromatic rings. The Morgan fingerprint density at radius 2 is 2.33 bits per heavy atom. The molecular formula is C7H8N3NaO4. The third-order valence-corrected chi connectivity index (χ3v) is 1.69. The standard InChI is InChI=1S/C7H9N3O4.Na/c1-5(7(11)12)3-9-4-6(2-8-9)10(13)14;/h2,4-5H,3H2,1H3,(H,11,12);/q;+1/p-1. The summed E-state index contributed by atoms with van der Waals surface area (Å²) < 4.78 is 1.21. The average molecular weight is 221 g/mol. The normalized spacial score (nSPS) is 11.5. The second-order valence-corrected chi connectivity index (χ2v) is 2.90. The molecular weight excluding hydrogens is 213 g/mol. The Morgan fingerprint density at radius 3 is 2.73 bits per heavy atom. The summed E-state index contributed by atoms with van der Waals surface area (Å²) in [6.45, 7) is 1.51. The van der Waals surface area contributed by atoms with E-state index in [-0.39, 0.29) is 41.8 Å². The van der Waals surface area contributed by atoms with Gasteiger partial charge in [0.05, 0.1) is 4.92 Å². The van der Waals surface area contributed by atoms with Crippen molar-refractivity contribution in [3.05, 3.63) is 22.5 Å². The fourth-order valence-electron chi connectivity index (χ4n) is 0.902. The smallest absolute Gasteiger partial charge is 0.550 e. The van der Waals surface area contributed by atoms with Crippen molar-refractivity contribution < 1.29 is 44.4 Å². The summed E-state index contributed by atoms with van der Waals surface area (Å²) >= 11 is 0. The molecule has 1 atom stereocenters. The van der Waals surface area contributed by atoms with E-state index in [4.69, 9.17) is 0 Å². The van der Waals surface area contributed by atoms with Gasteiger partial charge >= 0.3 is 35.2 Å². The topological polar surface area (TPSA) is 101 Å². The maximum Gasteiger partial charge on any atom is 1.00 e. The molecule has 0 saturated heterocycles. The molecule has 0 amide bonds. The number of rotatable bonds is 4. The van der Waals surface area contributed by atoms with Crippen molar-refractivity contribution in [1.82, 2.24) is 9.78 Å². The van der Waals surface area contributed by atoms with Crippen molar-refractivity contribution in [2.45, 2.75) is 13.5 Å². The molecule has 0 aromatic carbocycles. The molecule has 76 valence electrons. The first-order valence-corrected chi connectivity index (χ1v) is 3.88. The minimum absolute atomic E-state index is 0. The molecule has 7 nitrogen and oxygen atoms in total. The van der Waals surface area contributed by atoms with Crippen molar-refractivity contribution in [2.24, 2.45) is 5.92 Å². The zero-order chi connectivity index (χ0) is 10.7. The molecule has 1 rings (SSSR count). The molecule has 0 aliphatic rings. The van der Waals surface area contributed by atoms with E-state index in [0.717, 1.165) is 6.20 Å². The summed E-state index contributed by atoms with van der Waals surface area (Å²) in [5, 5.41) is 24.3. The fourth-order valence-corrected chi connectivity index (χ4v) is 0.902. The van der Waals surface area contributed by atoms with Gasteiger partial charge in [0.25, 0.3) is 0 Å². The quantitative estimate of drug-likeness (QED) is 0.294. The number of carboxylic acid groups (broad SMARTS) is 1. The van der Waals surface area contributed by atoms with Crippen molar-refractivity contribution in [2.75, 3.05) is 0 Å². The van der Waals surface area contributed by atoms with Gasteiger partial charge in [-0.05, 0) is 0 Å². The van der Waals surface area contributed by atoms with Gasteiger partial charge in [-0.25, -0.2) is 0 Å². The van der Waals surface area contributed by atoms with Crippen LogP contribution >= 0.6 is 0 Å². The second kappa shape index (κ2) is 5.84. The number of aliphatic carboxylic acids is 1. The first kappa shape index (κ1) is 14.1. The number of nitro groups is 1. The molecule has 0 aliphatic heterocycles. The first-order chi connectivity index (χ1) is 6.50. The van der Waals surface area contributed by atoms with Gasteiger partial charge < -0.3 is 9.90 Å². The van der Waals surface area contributed by atoms with Crippen LogP contribution in [0.1, 0.15) is 6.92 Å². The van der Waals surface area contributed by atoms with Crippen LogP contribution in [-0.4, -0.2) is 20.7 Å². The number of hydrogen-bond donors (Lipinski definition) is 0. The zero-order valence-electron chi connectivity index (χ0n) is 8.41. The van der Waals surface area contributed by atoms with Gasteiger partial charge in [-0.15, -0.1) is 0 Å². The van der Waals surface area contributed by atoms with Crippen LogP contribution in [-0.2, 0) is 11.3 Å². The van der Waals surface area contributed by atoms with Gasteiger partial charge in [-0.2, -0.15) is 5.10 Å². The second-order valence-electron chi connectivity index (χ2n) is 2.90. The number of nitrogens with zero attached hydrogens (tertiary/aromatic N) is 3.